The summed E-state index contributed by atoms with van der Waals surface area (Å²) >= 11 is 15.8. The van der Waals surface area contributed by atoms with Crippen LogP contribution in [0.3, 0.4) is 0 Å². The van der Waals surface area contributed by atoms with E-state index in [2.05, 4.69) is 132 Å². The number of rotatable bonds is 14. The summed E-state index contributed by atoms with van der Waals surface area (Å²) < 4.78 is 12.3. The molecule has 41 heavy (non-hydrogen) atoms. The van der Waals surface area contributed by atoms with E-state index in [4.69, 9.17) is 32.7 Å². The Morgan fingerprint density at radius 1 is 0.561 bits per heavy atom. The lowest BCUT2D eigenvalue weighted by Gasteiger charge is -2.38. The molecule has 232 valence electrons. The molecule has 2 rings (SSSR count). The van der Waals surface area contributed by atoms with Crippen molar-refractivity contribution in [2.24, 2.45) is 22.7 Å². The zero-order chi connectivity index (χ0) is 31.2. The molecule has 0 aliphatic carbocycles. The average molecular weight is 624 g/mol. The molecular weight excluding hydrogens is 567 g/mol. The topological polar surface area (TPSA) is 18.5 Å². The van der Waals surface area contributed by atoms with Gasteiger partial charge in [0.15, 0.2) is 0 Å². The first-order valence-corrected chi connectivity index (χ1v) is 17.1. The smallest absolute Gasteiger partial charge is 0.119 e. The van der Waals surface area contributed by atoms with Gasteiger partial charge in [-0.2, -0.15) is 11.8 Å². The van der Waals surface area contributed by atoms with Crippen molar-refractivity contribution >= 4 is 35.0 Å². The number of alkyl halides is 2. The average Bonchev–Trinajstić information content (AvgIpc) is 2.89. The Labute approximate surface area is 266 Å². The van der Waals surface area contributed by atoms with Crippen LogP contribution >= 0.6 is 35.0 Å². The summed E-state index contributed by atoms with van der Waals surface area (Å²) in [6.45, 7) is 28.1. The monoisotopic (exact) mass is 622 g/mol. The molecule has 4 unspecified atom stereocenters. The van der Waals surface area contributed by atoms with Gasteiger partial charge in [0.25, 0.3) is 0 Å². The van der Waals surface area contributed by atoms with E-state index in [9.17, 15) is 0 Å². The van der Waals surface area contributed by atoms with Crippen LogP contribution in [0.2, 0.25) is 0 Å². The predicted molar refractivity (Wildman–Crippen MR) is 184 cm³/mol. The zero-order valence-corrected chi connectivity index (χ0v) is 30.1. The number of hydrogen-bond donors (Lipinski definition) is 0. The molecule has 0 aliphatic heterocycles. The van der Waals surface area contributed by atoms with Gasteiger partial charge in [0.1, 0.15) is 11.5 Å². The number of ether oxygens (including phenoxy) is 2. The summed E-state index contributed by atoms with van der Waals surface area (Å²) in [5.41, 5.74) is 2.73. The molecule has 2 aromatic carbocycles. The van der Waals surface area contributed by atoms with Crippen molar-refractivity contribution in [2.45, 2.75) is 105 Å². The first-order chi connectivity index (χ1) is 18.8. The molecule has 0 aromatic heterocycles. The fourth-order valence-corrected chi connectivity index (χ4v) is 6.67. The maximum Gasteiger partial charge on any atom is 0.119 e. The minimum atomic E-state index is -0.0824. The first kappa shape index (κ1) is 36.2. The van der Waals surface area contributed by atoms with Crippen molar-refractivity contribution in [3.05, 3.63) is 59.7 Å². The van der Waals surface area contributed by atoms with Crippen LogP contribution in [0.25, 0.3) is 0 Å². The van der Waals surface area contributed by atoms with E-state index in [1.165, 1.54) is 11.1 Å². The zero-order valence-electron chi connectivity index (χ0n) is 27.7. The molecule has 0 amide bonds. The molecule has 0 radical (unpaired) electrons. The summed E-state index contributed by atoms with van der Waals surface area (Å²) in [4.78, 5) is 0. The van der Waals surface area contributed by atoms with Gasteiger partial charge < -0.3 is 9.47 Å². The van der Waals surface area contributed by atoms with Crippen LogP contribution in [0, 0.1) is 22.7 Å². The lowest BCUT2D eigenvalue weighted by Crippen LogP contribution is -2.38. The van der Waals surface area contributed by atoms with E-state index in [1.807, 2.05) is 11.8 Å². The second-order valence-corrected chi connectivity index (χ2v) is 17.2. The third kappa shape index (κ3) is 10.6. The Morgan fingerprint density at radius 2 is 0.854 bits per heavy atom. The molecule has 0 heterocycles. The van der Waals surface area contributed by atoms with Crippen LogP contribution < -0.4 is 9.47 Å². The van der Waals surface area contributed by atoms with Gasteiger partial charge in [-0.25, -0.2) is 0 Å². The second kappa shape index (κ2) is 14.6. The van der Waals surface area contributed by atoms with Gasteiger partial charge >= 0.3 is 0 Å². The summed E-state index contributed by atoms with van der Waals surface area (Å²) in [6.07, 6.45) is 0. The van der Waals surface area contributed by atoms with Crippen LogP contribution in [0.5, 0.6) is 11.5 Å². The fraction of sp³-hybridized carbons (Fsp3) is 0.667. The molecule has 2 nitrogen and oxygen atoms in total. The van der Waals surface area contributed by atoms with Crippen LogP contribution in [0.15, 0.2) is 48.5 Å². The SMILES string of the molecule is CC(COc1ccc(C(C)(C)C)cc1)C(C)(C)C(Cl)CSCC(Cl)C(C)(C)C(C)COc1ccc(C(C)(C)C)cc1. The maximum absolute atomic E-state index is 7.00. The molecule has 5 heteroatoms. The second-order valence-electron chi connectivity index (χ2n) is 15.1. The first-order valence-electron chi connectivity index (χ1n) is 15.1. The largest absolute Gasteiger partial charge is 0.493 e. The normalized spacial score (nSPS) is 16.1. The van der Waals surface area contributed by atoms with Crippen LogP contribution in [-0.4, -0.2) is 35.5 Å². The Morgan fingerprint density at radius 3 is 1.12 bits per heavy atom. The lowest BCUT2D eigenvalue weighted by molar-refractivity contribution is 0.144. The van der Waals surface area contributed by atoms with Gasteiger partial charge in [-0.15, -0.1) is 23.2 Å². The van der Waals surface area contributed by atoms with Gasteiger partial charge in [-0.05, 0) is 68.9 Å². The molecule has 0 bridgehead atoms. The van der Waals surface area contributed by atoms with Gasteiger partial charge in [-0.3, -0.25) is 0 Å². The number of benzene rings is 2. The molecule has 0 fully saturated rings. The minimum Gasteiger partial charge on any atom is -0.493 e. The van der Waals surface area contributed by atoms with Crippen LogP contribution in [0.1, 0.15) is 94.2 Å². The van der Waals surface area contributed by atoms with E-state index in [0.29, 0.717) is 25.0 Å². The molecule has 0 saturated heterocycles. The summed E-state index contributed by atoms with van der Waals surface area (Å²) in [6, 6.07) is 16.9. The molecule has 0 spiro atoms. The Balaban J connectivity index is 1.81. The summed E-state index contributed by atoms with van der Waals surface area (Å²) in [7, 11) is 0. The highest BCUT2D eigenvalue weighted by Crippen LogP contribution is 2.40. The summed E-state index contributed by atoms with van der Waals surface area (Å²) in [5, 5.41) is 0.0244. The number of thioether (sulfide) groups is 1. The van der Waals surface area contributed by atoms with Crippen molar-refractivity contribution < 1.29 is 9.47 Å². The van der Waals surface area contributed by atoms with Crippen molar-refractivity contribution in [1.82, 2.24) is 0 Å². The van der Waals surface area contributed by atoms with Gasteiger partial charge in [0.05, 0.1) is 13.2 Å². The molecule has 0 aliphatic rings. The number of halogens is 2. The highest BCUT2D eigenvalue weighted by molar-refractivity contribution is 7.99. The Kier molecular flexibility index (Phi) is 12.9. The minimum absolute atomic E-state index is 0.0122. The van der Waals surface area contributed by atoms with E-state index in [-0.39, 0.29) is 32.4 Å². The highest BCUT2D eigenvalue weighted by Gasteiger charge is 2.36. The molecule has 4 atom stereocenters. The predicted octanol–water partition coefficient (Wildman–Crippen LogP) is 11.0. The van der Waals surface area contributed by atoms with E-state index in [1.54, 1.807) is 0 Å². The maximum atomic E-state index is 7.00. The van der Waals surface area contributed by atoms with Gasteiger partial charge in [0.2, 0.25) is 0 Å². The molecule has 0 N–H and O–H groups in total. The third-order valence-electron chi connectivity index (χ3n) is 9.12. The lowest BCUT2D eigenvalue weighted by atomic mass is 9.77. The van der Waals surface area contributed by atoms with Crippen molar-refractivity contribution in [2.75, 3.05) is 24.7 Å². The van der Waals surface area contributed by atoms with E-state index >= 15 is 0 Å². The van der Waals surface area contributed by atoms with Crippen LogP contribution in [-0.2, 0) is 10.8 Å². The quantitative estimate of drug-likeness (QED) is 0.195. The summed E-state index contributed by atoms with van der Waals surface area (Å²) in [5.74, 6) is 4.12. The van der Waals surface area contributed by atoms with Gasteiger partial charge in [0, 0.05) is 22.3 Å². The van der Waals surface area contributed by atoms with E-state index < -0.39 is 0 Å². The van der Waals surface area contributed by atoms with Gasteiger partial charge in [-0.1, -0.05) is 107 Å². The van der Waals surface area contributed by atoms with Crippen LogP contribution in [0.4, 0.5) is 0 Å². The fourth-order valence-electron chi connectivity index (χ4n) is 4.30. The molecule has 0 saturated carbocycles. The molecule has 2 aromatic rings. The number of hydrogen-bond acceptors (Lipinski definition) is 3. The Hall–Kier alpha value is -1.03. The van der Waals surface area contributed by atoms with Crippen molar-refractivity contribution in [3.63, 3.8) is 0 Å². The standard InChI is InChI=1S/C36H56Cl2O2S/c1-25(21-39-29-17-13-27(14-18-29)33(3,4)5)35(9,10)31(37)23-41-24-32(38)36(11,12)26(2)22-40-30-19-15-28(16-20-30)34(6,7)8/h13-20,25-26,31-32H,21-24H2,1-12H3. The molecular formula is C36H56Cl2O2S. The third-order valence-corrected chi connectivity index (χ3v) is 12.1. The Bertz CT molecular complexity index is 963. The van der Waals surface area contributed by atoms with E-state index in [0.717, 1.165) is 23.0 Å². The van der Waals surface area contributed by atoms with Crippen molar-refractivity contribution in [1.29, 1.82) is 0 Å². The highest BCUT2D eigenvalue weighted by atomic mass is 35.5. The van der Waals surface area contributed by atoms with Crippen molar-refractivity contribution in [3.8, 4) is 11.5 Å².